The standard InChI is InChI=1S/C11H15N3O2/c15-10-6-12-5-9(10)14-11(16)4-7-2-1-3-8(7)13-14/h4,9-10,12,15H,1-3,5-6H2. The lowest BCUT2D eigenvalue weighted by Gasteiger charge is -2.16. The number of rotatable bonds is 1. The molecule has 0 amide bonds. The van der Waals surface area contributed by atoms with E-state index in [1.54, 1.807) is 6.07 Å². The molecule has 0 bridgehead atoms. The van der Waals surface area contributed by atoms with E-state index in [0.717, 1.165) is 30.5 Å². The molecule has 1 saturated heterocycles. The topological polar surface area (TPSA) is 67.2 Å². The molecule has 2 aliphatic rings. The van der Waals surface area contributed by atoms with Gasteiger partial charge >= 0.3 is 0 Å². The molecule has 16 heavy (non-hydrogen) atoms. The second kappa shape index (κ2) is 3.68. The van der Waals surface area contributed by atoms with Gasteiger partial charge in [0.1, 0.15) is 0 Å². The quantitative estimate of drug-likeness (QED) is 0.654. The van der Waals surface area contributed by atoms with Gasteiger partial charge in [0, 0.05) is 19.2 Å². The lowest BCUT2D eigenvalue weighted by molar-refractivity contribution is 0.141. The summed E-state index contributed by atoms with van der Waals surface area (Å²) in [4.78, 5) is 11.9. The molecule has 2 N–H and O–H groups in total. The number of aryl methyl sites for hydroxylation is 2. The van der Waals surface area contributed by atoms with Crippen molar-refractivity contribution in [2.24, 2.45) is 0 Å². The molecule has 0 radical (unpaired) electrons. The van der Waals surface area contributed by atoms with Crippen molar-refractivity contribution in [3.8, 4) is 0 Å². The summed E-state index contributed by atoms with van der Waals surface area (Å²) in [6.07, 6.45) is 2.48. The molecule has 0 aromatic carbocycles. The van der Waals surface area contributed by atoms with E-state index in [2.05, 4.69) is 10.4 Å². The van der Waals surface area contributed by atoms with Crippen LogP contribution in [0.3, 0.4) is 0 Å². The maximum absolute atomic E-state index is 11.9. The molecule has 5 heteroatoms. The molecule has 2 heterocycles. The van der Waals surface area contributed by atoms with Gasteiger partial charge < -0.3 is 10.4 Å². The van der Waals surface area contributed by atoms with Gasteiger partial charge in [0.05, 0.1) is 17.8 Å². The van der Waals surface area contributed by atoms with Gasteiger partial charge in [-0.25, -0.2) is 4.68 Å². The number of hydrogen-bond donors (Lipinski definition) is 2. The highest BCUT2D eigenvalue weighted by atomic mass is 16.3. The van der Waals surface area contributed by atoms with Crippen LogP contribution in [0.1, 0.15) is 23.7 Å². The van der Waals surface area contributed by atoms with Crippen LogP contribution in [0.2, 0.25) is 0 Å². The second-order valence-electron chi connectivity index (χ2n) is 4.55. The molecular weight excluding hydrogens is 206 g/mol. The Labute approximate surface area is 93.1 Å². The third-order valence-corrected chi connectivity index (χ3v) is 3.45. The van der Waals surface area contributed by atoms with Crippen LogP contribution in [0.5, 0.6) is 0 Å². The first-order valence-corrected chi connectivity index (χ1v) is 5.76. The molecule has 0 spiro atoms. The molecule has 5 nitrogen and oxygen atoms in total. The zero-order valence-electron chi connectivity index (χ0n) is 9.02. The average molecular weight is 221 g/mol. The molecule has 1 aliphatic heterocycles. The van der Waals surface area contributed by atoms with E-state index in [9.17, 15) is 9.90 Å². The monoisotopic (exact) mass is 221 g/mol. The van der Waals surface area contributed by atoms with Gasteiger partial charge in [0.25, 0.3) is 5.56 Å². The molecule has 0 saturated carbocycles. The highest BCUT2D eigenvalue weighted by Crippen LogP contribution is 2.19. The number of hydrogen-bond acceptors (Lipinski definition) is 4. The molecule has 1 aromatic heterocycles. The Bertz CT molecular complexity index is 469. The Morgan fingerprint density at radius 3 is 3.06 bits per heavy atom. The number of nitrogens with one attached hydrogen (secondary N) is 1. The van der Waals surface area contributed by atoms with Crippen LogP contribution in [0.15, 0.2) is 10.9 Å². The van der Waals surface area contributed by atoms with Gasteiger partial charge in [-0.05, 0) is 24.8 Å². The first kappa shape index (κ1) is 9.99. The van der Waals surface area contributed by atoms with Crippen LogP contribution in [-0.4, -0.2) is 34.1 Å². The van der Waals surface area contributed by atoms with Crippen molar-refractivity contribution in [2.75, 3.05) is 13.1 Å². The van der Waals surface area contributed by atoms with Crippen molar-refractivity contribution >= 4 is 0 Å². The average Bonchev–Trinajstić information content (AvgIpc) is 2.85. The van der Waals surface area contributed by atoms with Crippen LogP contribution in [0, 0.1) is 0 Å². The van der Waals surface area contributed by atoms with Gasteiger partial charge in [-0.3, -0.25) is 4.79 Å². The van der Waals surface area contributed by atoms with E-state index < -0.39 is 6.10 Å². The summed E-state index contributed by atoms with van der Waals surface area (Å²) >= 11 is 0. The summed E-state index contributed by atoms with van der Waals surface area (Å²) in [6.45, 7) is 1.16. The lowest BCUT2D eigenvalue weighted by Crippen LogP contribution is -2.34. The van der Waals surface area contributed by atoms with Crippen LogP contribution >= 0.6 is 0 Å². The fourth-order valence-electron chi connectivity index (χ4n) is 2.55. The summed E-state index contributed by atoms with van der Waals surface area (Å²) < 4.78 is 1.45. The van der Waals surface area contributed by atoms with E-state index in [0.29, 0.717) is 13.1 Å². The van der Waals surface area contributed by atoms with Gasteiger partial charge in [0.15, 0.2) is 0 Å². The first-order chi connectivity index (χ1) is 7.75. The minimum absolute atomic E-state index is 0.0894. The highest BCUT2D eigenvalue weighted by Gasteiger charge is 2.29. The molecular formula is C11H15N3O2. The maximum Gasteiger partial charge on any atom is 0.267 e. The third-order valence-electron chi connectivity index (χ3n) is 3.45. The summed E-state index contributed by atoms with van der Waals surface area (Å²) in [5, 5.41) is 17.2. The van der Waals surface area contributed by atoms with E-state index in [-0.39, 0.29) is 11.6 Å². The summed E-state index contributed by atoms with van der Waals surface area (Å²) in [5.74, 6) is 0. The number of aliphatic hydroxyl groups excluding tert-OH is 1. The zero-order chi connectivity index (χ0) is 11.1. The number of β-amino-alcohol motifs (C(OH)–C–C–N with tert-alkyl or cyclic N) is 1. The number of nitrogens with zero attached hydrogens (tertiary/aromatic N) is 2. The second-order valence-corrected chi connectivity index (χ2v) is 4.55. The van der Waals surface area contributed by atoms with E-state index in [1.165, 1.54) is 4.68 Å². The first-order valence-electron chi connectivity index (χ1n) is 5.76. The Kier molecular flexibility index (Phi) is 2.29. The smallest absolute Gasteiger partial charge is 0.267 e. The lowest BCUT2D eigenvalue weighted by atomic mass is 10.2. The van der Waals surface area contributed by atoms with Gasteiger partial charge in [-0.15, -0.1) is 0 Å². The van der Waals surface area contributed by atoms with E-state index >= 15 is 0 Å². The summed E-state index contributed by atoms with van der Waals surface area (Å²) in [6, 6.07) is 1.47. The molecule has 1 aliphatic carbocycles. The fraction of sp³-hybridized carbons (Fsp3) is 0.636. The Balaban J connectivity index is 2.04. The highest BCUT2D eigenvalue weighted by molar-refractivity contribution is 5.22. The normalized spacial score (nSPS) is 28.3. The predicted octanol–water partition coefficient (Wildman–Crippen LogP) is -0.763. The van der Waals surface area contributed by atoms with Crippen LogP contribution in [0.25, 0.3) is 0 Å². The molecule has 2 atom stereocenters. The van der Waals surface area contributed by atoms with E-state index in [1.807, 2.05) is 0 Å². The summed E-state index contributed by atoms with van der Waals surface area (Å²) in [5.41, 5.74) is 2.02. The molecule has 3 rings (SSSR count). The van der Waals surface area contributed by atoms with Crippen molar-refractivity contribution in [3.63, 3.8) is 0 Å². The molecule has 86 valence electrons. The van der Waals surface area contributed by atoms with Gasteiger partial charge in [-0.2, -0.15) is 5.10 Å². The van der Waals surface area contributed by atoms with E-state index in [4.69, 9.17) is 0 Å². The Morgan fingerprint density at radius 2 is 2.31 bits per heavy atom. The molecule has 1 aromatic rings. The van der Waals surface area contributed by atoms with Crippen molar-refractivity contribution in [3.05, 3.63) is 27.7 Å². The van der Waals surface area contributed by atoms with Crippen molar-refractivity contribution in [1.29, 1.82) is 0 Å². The third kappa shape index (κ3) is 1.47. The number of fused-ring (bicyclic) bond motifs is 1. The van der Waals surface area contributed by atoms with Crippen molar-refractivity contribution < 1.29 is 5.11 Å². The minimum atomic E-state index is -0.510. The van der Waals surface area contributed by atoms with Gasteiger partial charge in [0.2, 0.25) is 0 Å². The van der Waals surface area contributed by atoms with Crippen LogP contribution in [-0.2, 0) is 12.8 Å². The van der Waals surface area contributed by atoms with Gasteiger partial charge in [-0.1, -0.05) is 0 Å². The maximum atomic E-state index is 11.9. The van der Waals surface area contributed by atoms with Crippen LogP contribution in [0.4, 0.5) is 0 Å². The Morgan fingerprint density at radius 1 is 1.44 bits per heavy atom. The number of aliphatic hydroxyl groups is 1. The van der Waals surface area contributed by atoms with Crippen LogP contribution < -0.4 is 10.9 Å². The minimum Gasteiger partial charge on any atom is -0.390 e. The largest absolute Gasteiger partial charge is 0.390 e. The molecule has 2 unspecified atom stereocenters. The SMILES string of the molecule is O=c1cc2c(nn1C1CNCC1O)CCC2. The Hall–Kier alpha value is -1.20. The van der Waals surface area contributed by atoms with Crippen molar-refractivity contribution in [2.45, 2.75) is 31.4 Å². The zero-order valence-corrected chi connectivity index (χ0v) is 9.02. The summed E-state index contributed by atoms with van der Waals surface area (Å²) in [7, 11) is 0. The molecule has 1 fully saturated rings. The predicted molar refractivity (Wildman–Crippen MR) is 58.4 cm³/mol. The number of aromatic nitrogens is 2. The fourth-order valence-corrected chi connectivity index (χ4v) is 2.55. The van der Waals surface area contributed by atoms with Crippen molar-refractivity contribution in [1.82, 2.24) is 15.1 Å².